The number of benzene rings is 1. The highest BCUT2D eigenvalue weighted by Crippen LogP contribution is 2.65. The molecule has 0 unspecified atom stereocenters. The Bertz CT molecular complexity index is 762. The fourth-order valence-electron chi connectivity index (χ4n) is 2.51. The van der Waals surface area contributed by atoms with E-state index in [0.717, 1.165) is 0 Å². The molecule has 0 aliphatic carbocycles. The molecule has 1 atom stereocenters. The van der Waals surface area contributed by atoms with Crippen LogP contribution < -0.4 is 0 Å². The number of carbonyl (C=O) groups excluding carboxylic acids is 1. The second-order valence-electron chi connectivity index (χ2n) is 5.46. The number of hydrogen-bond acceptors (Lipinski definition) is 6. The Labute approximate surface area is 157 Å². The van der Waals surface area contributed by atoms with Crippen LogP contribution in [0.4, 0.5) is 0 Å². The standard InChI is InChI=1S/C19H23O5PS/c1-3-23-25(22,24-4-2)19(21,16-10-6-5-7-11-16)14-8-12-17(20)18-13-9-15-26-18/h5-13,15,21H,3-4,14H2,1-2H3/b12-8+/t19-/m1/s1. The van der Waals surface area contributed by atoms with Gasteiger partial charge in [-0.3, -0.25) is 9.36 Å². The van der Waals surface area contributed by atoms with Gasteiger partial charge in [0.1, 0.15) is 0 Å². The van der Waals surface area contributed by atoms with Gasteiger partial charge in [0.25, 0.3) is 0 Å². The number of carbonyl (C=O) groups is 1. The van der Waals surface area contributed by atoms with Crippen molar-refractivity contribution in [1.82, 2.24) is 0 Å². The van der Waals surface area contributed by atoms with Gasteiger partial charge in [-0.05, 0) is 36.9 Å². The minimum absolute atomic E-state index is 0.0780. The van der Waals surface area contributed by atoms with Crippen molar-refractivity contribution >= 4 is 24.7 Å². The van der Waals surface area contributed by atoms with Crippen LogP contribution in [0.1, 0.15) is 35.5 Å². The Morgan fingerprint density at radius 1 is 1.15 bits per heavy atom. The smallest absolute Gasteiger partial charge is 0.366 e. The number of thiophene rings is 1. The Morgan fingerprint density at radius 3 is 2.35 bits per heavy atom. The van der Waals surface area contributed by atoms with Crippen molar-refractivity contribution in [2.24, 2.45) is 0 Å². The summed E-state index contributed by atoms with van der Waals surface area (Å²) in [6.07, 6.45) is 2.81. The van der Waals surface area contributed by atoms with Gasteiger partial charge in [-0.25, -0.2) is 0 Å². The first kappa shape index (κ1) is 20.7. The molecule has 1 aromatic heterocycles. The van der Waals surface area contributed by atoms with Crippen molar-refractivity contribution in [2.75, 3.05) is 13.2 Å². The van der Waals surface area contributed by atoms with Crippen molar-refractivity contribution in [1.29, 1.82) is 0 Å². The van der Waals surface area contributed by atoms with E-state index in [4.69, 9.17) is 9.05 Å². The van der Waals surface area contributed by atoms with Crippen molar-refractivity contribution < 1.29 is 23.5 Å². The Kier molecular flexibility index (Phi) is 7.50. The van der Waals surface area contributed by atoms with Crippen LogP contribution in [0.5, 0.6) is 0 Å². The van der Waals surface area contributed by atoms with Gasteiger partial charge in [0.15, 0.2) is 11.1 Å². The molecule has 0 aliphatic rings. The normalized spacial score (nSPS) is 14.4. The molecule has 0 amide bonds. The second-order valence-corrected chi connectivity index (χ2v) is 8.66. The lowest BCUT2D eigenvalue weighted by Gasteiger charge is -2.34. The van der Waals surface area contributed by atoms with Gasteiger partial charge >= 0.3 is 7.60 Å². The first-order valence-electron chi connectivity index (χ1n) is 8.38. The zero-order valence-corrected chi connectivity index (χ0v) is 16.5. The number of aliphatic hydroxyl groups is 1. The predicted molar refractivity (Wildman–Crippen MR) is 104 cm³/mol. The van der Waals surface area contributed by atoms with Crippen molar-refractivity contribution in [3.05, 3.63) is 70.4 Å². The lowest BCUT2D eigenvalue weighted by atomic mass is 10.1. The van der Waals surface area contributed by atoms with E-state index in [0.29, 0.717) is 10.4 Å². The van der Waals surface area contributed by atoms with Gasteiger partial charge in [-0.15, -0.1) is 11.3 Å². The highest BCUT2D eigenvalue weighted by Gasteiger charge is 2.50. The first-order chi connectivity index (χ1) is 12.5. The molecule has 2 aromatic rings. The molecular formula is C19H23O5PS. The van der Waals surface area contributed by atoms with Gasteiger partial charge < -0.3 is 14.2 Å². The highest BCUT2D eigenvalue weighted by molar-refractivity contribution is 7.54. The molecule has 1 aromatic carbocycles. The van der Waals surface area contributed by atoms with Crippen LogP contribution in [0.3, 0.4) is 0 Å². The average Bonchev–Trinajstić information content (AvgIpc) is 3.17. The zero-order chi connectivity index (χ0) is 19.0. The third-order valence-electron chi connectivity index (χ3n) is 3.72. The van der Waals surface area contributed by atoms with Gasteiger partial charge in [-0.1, -0.05) is 42.5 Å². The number of allylic oxidation sites excluding steroid dienone is 1. The van der Waals surface area contributed by atoms with Gasteiger partial charge in [-0.2, -0.15) is 0 Å². The Morgan fingerprint density at radius 2 is 1.81 bits per heavy atom. The molecule has 0 aliphatic heterocycles. The van der Waals surface area contributed by atoms with E-state index in [2.05, 4.69) is 0 Å². The maximum Gasteiger partial charge on any atom is 0.366 e. The molecule has 0 bridgehead atoms. The van der Waals surface area contributed by atoms with Crippen LogP contribution in [0.15, 0.2) is 60.0 Å². The van der Waals surface area contributed by atoms with Crippen molar-refractivity contribution in [3.63, 3.8) is 0 Å². The van der Waals surface area contributed by atoms with Gasteiger partial charge in [0.2, 0.25) is 0 Å². The van der Waals surface area contributed by atoms with E-state index < -0.39 is 12.9 Å². The van der Waals surface area contributed by atoms with Crippen LogP contribution >= 0.6 is 18.9 Å². The lowest BCUT2D eigenvalue weighted by molar-refractivity contribution is 0.0674. The molecule has 2 rings (SSSR count). The van der Waals surface area contributed by atoms with E-state index in [1.807, 2.05) is 5.38 Å². The summed E-state index contributed by atoms with van der Waals surface area (Å²) in [5.41, 5.74) is 0.415. The molecule has 1 N–H and O–H groups in total. The summed E-state index contributed by atoms with van der Waals surface area (Å²) in [5.74, 6) is -0.168. The average molecular weight is 394 g/mol. The summed E-state index contributed by atoms with van der Waals surface area (Å²) in [6.45, 7) is 3.63. The number of ketones is 1. The molecule has 1 heterocycles. The maximum atomic E-state index is 13.3. The molecule has 0 saturated carbocycles. The summed E-state index contributed by atoms with van der Waals surface area (Å²) in [4.78, 5) is 12.7. The quantitative estimate of drug-likeness (QED) is 0.349. The number of rotatable bonds is 10. The largest absolute Gasteiger partial charge is 0.373 e. The Hall–Kier alpha value is -1.56. The van der Waals surface area contributed by atoms with E-state index in [-0.39, 0.29) is 25.4 Å². The minimum Gasteiger partial charge on any atom is -0.373 e. The molecule has 0 spiro atoms. The predicted octanol–water partition coefficient (Wildman–Crippen LogP) is 4.99. The fourth-order valence-corrected chi connectivity index (χ4v) is 5.14. The van der Waals surface area contributed by atoms with Gasteiger partial charge in [0.05, 0.1) is 18.1 Å². The number of hydrogen-bond donors (Lipinski definition) is 1. The summed E-state index contributed by atoms with van der Waals surface area (Å²) in [7, 11) is -3.89. The fraction of sp³-hybridized carbons (Fsp3) is 0.316. The van der Waals surface area contributed by atoms with Crippen LogP contribution in [-0.2, 0) is 19.0 Å². The molecule has 0 saturated heterocycles. The zero-order valence-electron chi connectivity index (χ0n) is 14.8. The topological polar surface area (TPSA) is 72.8 Å². The van der Waals surface area contributed by atoms with Crippen LogP contribution in [-0.4, -0.2) is 24.1 Å². The first-order valence-corrected chi connectivity index (χ1v) is 10.8. The monoisotopic (exact) mass is 394 g/mol. The molecule has 5 nitrogen and oxygen atoms in total. The molecule has 140 valence electrons. The maximum absolute atomic E-state index is 13.3. The van der Waals surface area contributed by atoms with E-state index >= 15 is 0 Å². The summed E-state index contributed by atoms with van der Waals surface area (Å²) in [6, 6.07) is 12.1. The van der Waals surface area contributed by atoms with Crippen LogP contribution in [0, 0.1) is 0 Å². The molecule has 0 radical (unpaired) electrons. The summed E-state index contributed by atoms with van der Waals surface area (Å²) >= 11 is 1.34. The van der Waals surface area contributed by atoms with Crippen molar-refractivity contribution in [2.45, 2.75) is 25.6 Å². The third-order valence-corrected chi connectivity index (χ3v) is 7.15. The van der Waals surface area contributed by atoms with E-state index in [1.54, 1.807) is 56.3 Å². The molecule has 26 heavy (non-hydrogen) atoms. The van der Waals surface area contributed by atoms with Crippen molar-refractivity contribution in [3.8, 4) is 0 Å². The second kappa shape index (κ2) is 9.40. The third kappa shape index (κ3) is 4.58. The summed E-state index contributed by atoms with van der Waals surface area (Å²) < 4.78 is 24.1. The van der Waals surface area contributed by atoms with E-state index in [1.165, 1.54) is 23.5 Å². The Balaban J connectivity index is 2.35. The van der Waals surface area contributed by atoms with Crippen LogP contribution in [0.25, 0.3) is 0 Å². The minimum atomic E-state index is -3.89. The highest BCUT2D eigenvalue weighted by atomic mass is 32.1. The molecular weight excluding hydrogens is 371 g/mol. The molecule has 0 fully saturated rings. The van der Waals surface area contributed by atoms with Crippen LogP contribution in [0.2, 0.25) is 0 Å². The van der Waals surface area contributed by atoms with Gasteiger partial charge in [0, 0.05) is 6.42 Å². The SMILES string of the molecule is CCOP(=O)(OCC)[C@](O)(C/C=C/C(=O)c1cccs1)c1ccccc1. The molecule has 7 heteroatoms. The van der Waals surface area contributed by atoms with E-state index in [9.17, 15) is 14.5 Å². The lowest BCUT2D eigenvalue weighted by Crippen LogP contribution is -2.28. The summed E-state index contributed by atoms with van der Waals surface area (Å²) in [5, 5.41) is 11.3.